The number of ether oxygens (including phenoxy) is 2. The molecule has 0 aliphatic heterocycles. The molecule has 0 bridgehead atoms. The lowest BCUT2D eigenvalue weighted by molar-refractivity contribution is -0.131. The van der Waals surface area contributed by atoms with Crippen molar-refractivity contribution in [1.82, 2.24) is 0 Å². The maximum absolute atomic E-state index is 14.5. The van der Waals surface area contributed by atoms with Crippen molar-refractivity contribution in [3.63, 3.8) is 0 Å². The molecular formula is C23H21FO4. The van der Waals surface area contributed by atoms with Gasteiger partial charge in [-0.15, -0.1) is 0 Å². The van der Waals surface area contributed by atoms with Crippen LogP contribution in [0.1, 0.15) is 31.4 Å². The van der Waals surface area contributed by atoms with Crippen molar-refractivity contribution in [3.8, 4) is 22.6 Å². The van der Waals surface area contributed by atoms with Gasteiger partial charge in [-0.05, 0) is 73.6 Å². The second-order valence-electron chi connectivity index (χ2n) is 6.91. The van der Waals surface area contributed by atoms with Crippen LogP contribution in [0.25, 0.3) is 11.1 Å². The molecular weight excluding hydrogens is 359 g/mol. The van der Waals surface area contributed by atoms with E-state index < -0.39 is 17.8 Å². The Labute approximate surface area is 163 Å². The van der Waals surface area contributed by atoms with Crippen molar-refractivity contribution in [2.45, 2.75) is 33.1 Å². The molecule has 0 radical (unpaired) electrons. The van der Waals surface area contributed by atoms with E-state index in [2.05, 4.69) is 13.2 Å². The number of rotatable bonds is 5. The van der Waals surface area contributed by atoms with Gasteiger partial charge < -0.3 is 9.47 Å². The van der Waals surface area contributed by atoms with Gasteiger partial charge >= 0.3 is 11.9 Å². The summed E-state index contributed by atoms with van der Waals surface area (Å²) in [6.07, 6.45) is 2.54. The Hall–Kier alpha value is -3.21. The average Bonchev–Trinajstić information content (AvgIpc) is 3.13. The Bertz CT molecular complexity index is 1000. The minimum Gasteiger partial charge on any atom is -0.423 e. The topological polar surface area (TPSA) is 52.6 Å². The van der Waals surface area contributed by atoms with Crippen LogP contribution >= 0.6 is 0 Å². The molecule has 0 spiro atoms. The summed E-state index contributed by atoms with van der Waals surface area (Å²) in [6.45, 7) is 10.2. The first kappa shape index (κ1) is 19.5. The van der Waals surface area contributed by atoms with Gasteiger partial charge in [-0.1, -0.05) is 25.3 Å². The lowest BCUT2D eigenvalue weighted by Gasteiger charge is -2.14. The zero-order valence-corrected chi connectivity index (χ0v) is 15.9. The van der Waals surface area contributed by atoms with Gasteiger partial charge in [0, 0.05) is 11.1 Å². The molecule has 4 nitrogen and oxygen atoms in total. The third-order valence-electron chi connectivity index (χ3n) is 4.59. The van der Waals surface area contributed by atoms with Gasteiger partial charge in [0.1, 0.15) is 5.75 Å². The van der Waals surface area contributed by atoms with Crippen LogP contribution < -0.4 is 9.47 Å². The van der Waals surface area contributed by atoms with Gasteiger partial charge in [0.2, 0.25) is 0 Å². The van der Waals surface area contributed by atoms with Gasteiger partial charge in [0.05, 0.1) is 0 Å². The molecule has 0 saturated heterocycles. The molecule has 2 aromatic carbocycles. The van der Waals surface area contributed by atoms with Crippen LogP contribution in [0.5, 0.6) is 11.5 Å². The molecule has 0 N–H and O–H groups in total. The maximum atomic E-state index is 14.5. The second kappa shape index (κ2) is 7.80. The van der Waals surface area contributed by atoms with E-state index in [9.17, 15) is 14.0 Å². The number of fused-ring (bicyclic) bond motifs is 1. The zero-order valence-electron chi connectivity index (χ0n) is 15.9. The van der Waals surface area contributed by atoms with E-state index in [-0.39, 0.29) is 11.3 Å². The predicted molar refractivity (Wildman–Crippen MR) is 105 cm³/mol. The molecule has 1 aliphatic rings. The van der Waals surface area contributed by atoms with Crippen LogP contribution in [0.4, 0.5) is 4.39 Å². The van der Waals surface area contributed by atoms with E-state index in [0.717, 1.165) is 36.0 Å². The minimum absolute atomic E-state index is 0.139. The number of benzene rings is 2. The molecule has 0 aromatic heterocycles. The summed E-state index contributed by atoms with van der Waals surface area (Å²) >= 11 is 0. The zero-order chi connectivity index (χ0) is 20.4. The summed E-state index contributed by atoms with van der Waals surface area (Å²) in [5, 5.41) is 0. The molecule has 2 aromatic rings. The molecule has 5 heteroatoms. The lowest BCUT2D eigenvalue weighted by Crippen LogP contribution is -2.10. The second-order valence-corrected chi connectivity index (χ2v) is 6.91. The third-order valence-corrected chi connectivity index (χ3v) is 4.59. The molecule has 1 aliphatic carbocycles. The number of carbonyl (C=O) groups excluding carboxylic acids is 2. The Morgan fingerprint density at radius 1 is 0.893 bits per heavy atom. The highest BCUT2D eigenvalue weighted by Crippen LogP contribution is 2.39. The minimum atomic E-state index is -0.670. The Morgan fingerprint density at radius 3 is 2.07 bits per heavy atom. The molecule has 3 rings (SSSR count). The fourth-order valence-corrected chi connectivity index (χ4v) is 3.16. The van der Waals surface area contributed by atoms with Crippen LogP contribution in [0, 0.1) is 5.82 Å². The van der Waals surface area contributed by atoms with Gasteiger partial charge in [-0.25, -0.2) is 14.0 Å². The van der Waals surface area contributed by atoms with Gasteiger partial charge in [-0.3, -0.25) is 0 Å². The van der Waals surface area contributed by atoms with Gasteiger partial charge in [0.15, 0.2) is 11.6 Å². The van der Waals surface area contributed by atoms with E-state index in [1.807, 2.05) is 6.07 Å². The first-order valence-electron chi connectivity index (χ1n) is 8.98. The van der Waals surface area contributed by atoms with Crippen molar-refractivity contribution in [1.29, 1.82) is 0 Å². The van der Waals surface area contributed by atoms with Crippen molar-refractivity contribution in [2.24, 2.45) is 0 Å². The third kappa shape index (κ3) is 3.88. The monoisotopic (exact) mass is 380 g/mol. The van der Waals surface area contributed by atoms with Crippen LogP contribution in [0.3, 0.4) is 0 Å². The largest absolute Gasteiger partial charge is 0.423 e. The van der Waals surface area contributed by atoms with Crippen molar-refractivity contribution >= 4 is 11.9 Å². The summed E-state index contributed by atoms with van der Waals surface area (Å²) in [5.74, 6) is -1.37. The standard InChI is InChI=1S/C23H21FO4/c1-13(2)22(25)27-20-11-9-16(17-6-5-7-18(17)20)15-8-10-21(19(24)12-15)28-23(26)14(3)4/h8-12H,1,3,5-7H2,2,4H3. The number of esters is 2. The number of carbonyl (C=O) groups is 2. The highest BCUT2D eigenvalue weighted by atomic mass is 19.1. The summed E-state index contributed by atoms with van der Waals surface area (Å²) in [6, 6.07) is 8.03. The Morgan fingerprint density at radius 2 is 1.46 bits per heavy atom. The fraction of sp³-hybridized carbons (Fsp3) is 0.217. The van der Waals surface area contributed by atoms with E-state index in [4.69, 9.17) is 9.47 Å². The van der Waals surface area contributed by atoms with Crippen LogP contribution in [-0.2, 0) is 22.4 Å². The first-order chi connectivity index (χ1) is 13.3. The summed E-state index contributed by atoms with van der Waals surface area (Å²) in [7, 11) is 0. The number of hydrogen-bond donors (Lipinski definition) is 0. The molecule has 0 unspecified atom stereocenters. The van der Waals surface area contributed by atoms with E-state index in [1.165, 1.54) is 19.1 Å². The summed E-state index contributed by atoms with van der Waals surface area (Å²) in [4.78, 5) is 23.5. The van der Waals surface area contributed by atoms with Crippen molar-refractivity contribution in [2.75, 3.05) is 0 Å². The van der Waals surface area contributed by atoms with Crippen molar-refractivity contribution in [3.05, 3.63) is 71.6 Å². The molecule has 28 heavy (non-hydrogen) atoms. The smallest absolute Gasteiger partial charge is 0.338 e. The summed E-state index contributed by atoms with van der Waals surface area (Å²) < 4.78 is 24.9. The van der Waals surface area contributed by atoms with Crippen LogP contribution in [0.2, 0.25) is 0 Å². The number of hydrogen-bond acceptors (Lipinski definition) is 4. The van der Waals surface area contributed by atoms with Gasteiger partial charge in [-0.2, -0.15) is 0 Å². The molecule has 0 fully saturated rings. The average molecular weight is 380 g/mol. The molecule has 0 heterocycles. The fourth-order valence-electron chi connectivity index (χ4n) is 3.16. The molecule has 0 amide bonds. The SMILES string of the molecule is C=C(C)C(=O)Oc1ccc(-c2ccc(OC(=O)C(=C)C)c3c2CCC3)cc1F. The van der Waals surface area contributed by atoms with E-state index in [0.29, 0.717) is 16.9 Å². The van der Waals surface area contributed by atoms with E-state index >= 15 is 0 Å². The molecule has 144 valence electrons. The molecule has 0 saturated carbocycles. The highest BCUT2D eigenvalue weighted by Gasteiger charge is 2.22. The van der Waals surface area contributed by atoms with E-state index in [1.54, 1.807) is 19.1 Å². The Balaban J connectivity index is 1.94. The Kier molecular flexibility index (Phi) is 5.45. The van der Waals surface area contributed by atoms with Crippen molar-refractivity contribution < 1.29 is 23.5 Å². The van der Waals surface area contributed by atoms with Crippen LogP contribution in [0.15, 0.2) is 54.6 Å². The van der Waals surface area contributed by atoms with Gasteiger partial charge in [0.25, 0.3) is 0 Å². The quantitative estimate of drug-likeness (QED) is 0.419. The first-order valence-corrected chi connectivity index (χ1v) is 8.98. The normalized spacial score (nSPS) is 12.2. The number of halogens is 1. The summed E-state index contributed by atoms with van der Waals surface area (Å²) in [5.41, 5.74) is 4.07. The predicted octanol–water partition coefficient (Wildman–Crippen LogP) is 4.94. The maximum Gasteiger partial charge on any atom is 0.338 e. The van der Waals surface area contributed by atoms with Crippen LogP contribution in [-0.4, -0.2) is 11.9 Å². The lowest BCUT2D eigenvalue weighted by atomic mass is 9.96. The highest BCUT2D eigenvalue weighted by molar-refractivity contribution is 5.89. The molecule has 0 atom stereocenters.